The molecule has 0 spiro atoms. The van der Waals surface area contributed by atoms with E-state index in [0.717, 1.165) is 11.9 Å². The number of hydrogen-bond acceptors (Lipinski definition) is 13. The summed E-state index contributed by atoms with van der Waals surface area (Å²) in [7, 11) is -8.53. The molecule has 26 heteroatoms. The summed E-state index contributed by atoms with van der Waals surface area (Å²) in [6, 6.07) is 5.52. The molecule has 0 aliphatic rings. The van der Waals surface area contributed by atoms with E-state index in [1.807, 2.05) is 4.68 Å². The van der Waals surface area contributed by atoms with Crippen molar-refractivity contribution in [2.45, 2.75) is 75.7 Å². The Balaban J connectivity index is 0.00000134. The molecule has 0 aliphatic heterocycles. The summed E-state index contributed by atoms with van der Waals surface area (Å²) < 4.78 is 98.9. The molecule has 2 atom stereocenters. The number of halogens is 3. The highest BCUT2D eigenvalue weighted by atomic mass is 32.2. The number of carbonyl (C=O) groups is 4. The van der Waals surface area contributed by atoms with Crippen molar-refractivity contribution in [3.8, 4) is 5.75 Å². The van der Waals surface area contributed by atoms with E-state index in [2.05, 4.69) is 35.7 Å². The standard InChI is InChI=1S/C34H47N9O10S2.C2HF3O2/c1-22-16-27(53-15-4-7-30(44)36-10-3-6-26(35)21-54(48,49)50)17-23(2)31(22)55(51,52)42-28(33(46)47)20-40-32(45)24-8-9-29-25(18-24)19-41-43(29)14-5-11-37-34-38-12-13-39-34;3-2(4,5)1(6)7/h8-9,12-13,16-19,26,28,42H,3-7,10-11,14-15,20-21,35H2,1-2H3,(H,36,44)(H,40,45)(H,46,47)(H2,37,38,39)(H,48,49,50);(H,6,7)/t26-,28+;/m1./s1. The smallest absolute Gasteiger partial charge is 0.490 e. The van der Waals surface area contributed by atoms with E-state index in [9.17, 15) is 49.5 Å². The second-order valence-electron chi connectivity index (χ2n) is 13.7. The highest BCUT2D eigenvalue weighted by Gasteiger charge is 2.38. The number of aliphatic carboxylic acids is 2. The van der Waals surface area contributed by atoms with Crippen LogP contribution in [0, 0.1) is 13.8 Å². The van der Waals surface area contributed by atoms with E-state index in [0.29, 0.717) is 60.6 Å². The van der Waals surface area contributed by atoms with Gasteiger partial charge in [0, 0.05) is 62.0 Å². The maximum Gasteiger partial charge on any atom is 0.490 e. The number of aromatic amines is 1. The summed E-state index contributed by atoms with van der Waals surface area (Å²) in [6.45, 7) is 4.27. The molecule has 4 rings (SSSR count). The van der Waals surface area contributed by atoms with Gasteiger partial charge in [0.1, 0.15) is 11.8 Å². The molecule has 342 valence electrons. The minimum atomic E-state index is -5.08. The van der Waals surface area contributed by atoms with Crippen molar-refractivity contribution in [3.05, 3.63) is 65.6 Å². The highest BCUT2D eigenvalue weighted by Crippen LogP contribution is 2.26. The Kier molecular flexibility index (Phi) is 18.6. The van der Waals surface area contributed by atoms with Crippen LogP contribution in [-0.2, 0) is 41.1 Å². The topological polar surface area (TPSA) is 327 Å². The van der Waals surface area contributed by atoms with E-state index < -0.39 is 68.5 Å². The number of H-pyrrole nitrogens is 1. The van der Waals surface area contributed by atoms with Crippen LogP contribution in [0.15, 0.2) is 53.8 Å². The zero-order valence-corrected chi connectivity index (χ0v) is 35.1. The maximum atomic E-state index is 13.4. The SMILES string of the molecule is Cc1cc(OCCCC(=O)NCCC[C@@H](N)CS(=O)(=O)O)cc(C)c1S(=O)(=O)N[C@@H](CNC(=O)c1ccc2c(cnn2CCCNc2ncc[nH]2)c1)C(=O)O.O=C(O)C(F)(F)F. The van der Waals surface area contributed by atoms with Crippen LogP contribution >= 0.6 is 0 Å². The van der Waals surface area contributed by atoms with Crippen LogP contribution in [0.25, 0.3) is 10.9 Å². The highest BCUT2D eigenvalue weighted by molar-refractivity contribution is 7.89. The zero-order valence-electron chi connectivity index (χ0n) is 33.4. The van der Waals surface area contributed by atoms with Crippen molar-refractivity contribution in [3.63, 3.8) is 0 Å². The molecule has 10 N–H and O–H groups in total. The van der Waals surface area contributed by atoms with Gasteiger partial charge in [0.25, 0.3) is 16.0 Å². The maximum absolute atomic E-state index is 13.4. The van der Waals surface area contributed by atoms with Gasteiger partial charge < -0.3 is 41.6 Å². The van der Waals surface area contributed by atoms with Crippen molar-refractivity contribution >= 4 is 60.7 Å². The fourth-order valence-corrected chi connectivity index (χ4v) is 8.15. The summed E-state index contributed by atoms with van der Waals surface area (Å²) in [6.07, 6.45) is 1.91. The molecule has 4 aromatic rings. The second kappa shape index (κ2) is 22.9. The van der Waals surface area contributed by atoms with Gasteiger partial charge in [-0.15, -0.1) is 0 Å². The molecular weight excluding hydrogens is 872 g/mol. The van der Waals surface area contributed by atoms with Gasteiger partial charge >= 0.3 is 18.1 Å². The number of alkyl halides is 3. The fourth-order valence-electron chi connectivity index (χ4n) is 5.80. The minimum absolute atomic E-state index is 0.132. The van der Waals surface area contributed by atoms with Crippen LogP contribution in [0.3, 0.4) is 0 Å². The largest absolute Gasteiger partial charge is 0.494 e. The number of aryl methyl sites for hydroxylation is 3. The molecule has 0 fully saturated rings. The predicted molar refractivity (Wildman–Crippen MR) is 216 cm³/mol. The minimum Gasteiger partial charge on any atom is -0.494 e. The van der Waals surface area contributed by atoms with Crippen LogP contribution in [0.2, 0.25) is 0 Å². The lowest BCUT2D eigenvalue weighted by atomic mass is 10.1. The first kappa shape index (κ1) is 50.5. The number of aromatic nitrogens is 4. The third-order valence-corrected chi connectivity index (χ3v) is 11.2. The Bertz CT molecular complexity index is 2350. The average Bonchev–Trinajstić information content (AvgIpc) is 3.84. The quantitative estimate of drug-likeness (QED) is 0.0379. The molecule has 2 aromatic carbocycles. The molecule has 0 saturated heterocycles. The number of nitrogens with zero attached hydrogens (tertiary/aromatic N) is 3. The Labute approximate surface area is 353 Å². The number of benzene rings is 2. The van der Waals surface area contributed by atoms with E-state index in [1.165, 1.54) is 26.0 Å². The van der Waals surface area contributed by atoms with E-state index in [1.54, 1.807) is 36.8 Å². The first-order chi connectivity index (χ1) is 29.0. The van der Waals surface area contributed by atoms with E-state index in [4.69, 9.17) is 24.9 Å². The first-order valence-corrected chi connectivity index (χ1v) is 21.8. The summed E-state index contributed by atoms with van der Waals surface area (Å²) in [4.78, 5) is 53.1. The first-order valence-electron chi connectivity index (χ1n) is 18.7. The molecule has 2 aromatic heterocycles. The van der Waals surface area contributed by atoms with E-state index >= 15 is 0 Å². The Hall–Kier alpha value is -5.83. The molecule has 2 heterocycles. The van der Waals surface area contributed by atoms with Gasteiger partial charge in [-0.1, -0.05) is 0 Å². The number of rotatable bonds is 23. The van der Waals surface area contributed by atoms with Crippen molar-refractivity contribution in [1.82, 2.24) is 35.1 Å². The normalized spacial score (nSPS) is 12.8. The van der Waals surface area contributed by atoms with Crippen LogP contribution < -0.4 is 31.1 Å². The number of carbonyl (C=O) groups excluding carboxylic acids is 2. The number of fused-ring (bicyclic) bond motifs is 1. The van der Waals surface area contributed by atoms with Crippen LogP contribution in [0.5, 0.6) is 5.75 Å². The lowest BCUT2D eigenvalue weighted by Gasteiger charge is -2.19. The van der Waals surface area contributed by atoms with Gasteiger partial charge in [0.15, 0.2) is 5.95 Å². The molecule has 0 unspecified atom stereocenters. The summed E-state index contributed by atoms with van der Waals surface area (Å²) in [5.74, 6) is -4.59. The molecule has 0 saturated carbocycles. The Morgan fingerprint density at radius 3 is 2.26 bits per heavy atom. The lowest BCUT2D eigenvalue weighted by molar-refractivity contribution is -0.192. The molecule has 0 radical (unpaired) electrons. The number of carboxylic acids is 2. The average molecular weight is 920 g/mol. The lowest BCUT2D eigenvalue weighted by Crippen LogP contribution is -2.48. The van der Waals surface area contributed by atoms with E-state index in [-0.39, 0.29) is 35.9 Å². The summed E-state index contributed by atoms with van der Waals surface area (Å²) >= 11 is 0. The predicted octanol–water partition coefficient (Wildman–Crippen LogP) is 1.94. The number of nitrogens with two attached hydrogens (primary N) is 1. The van der Waals surface area contributed by atoms with Gasteiger partial charge in [-0.3, -0.25) is 23.6 Å². The van der Waals surface area contributed by atoms with Crippen LogP contribution in [0.1, 0.15) is 53.6 Å². The molecular formula is C36H48F3N9O12S2. The zero-order chi connectivity index (χ0) is 46.3. The summed E-state index contributed by atoms with van der Waals surface area (Å²) in [5.41, 5.74) is 7.29. The van der Waals surface area contributed by atoms with Gasteiger partial charge in [-0.25, -0.2) is 18.2 Å². The molecule has 0 bridgehead atoms. The number of amides is 2. The number of ether oxygens (including phenoxy) is 1. The van der Waals surface area contributed by atoms with Gasteiger partial charge in [-0.05, 0) is 81.0 Å². The Morgan fingerprint density at radius 2 is 1.66 bits per heavy atom. The molecule has 62 heavy (non-hydrogen) atoms. The van der Waals surface area contributed by atoms with Gasteiger partial charge in [-0.2, -0.15) is 31.4 Å². The van der Waals surface area contributed by atoms with Crippen molar-refractivity contribution < 1.29 is 68.7 Å². The molecule has 21 nitrogen and oxygen atoms in total. The number of carboxylic acid groups (broad SMARTS) is 2. The van der Waals surface area contributed by atoms with Crippen molar-refractivity contribution in [2.75, 3.05) is 37.3 Å². The Morgan fingerprint density at radius 1 is 0.984 bits per heavy atom. The van der Waals surface area contributed by atoms with Crippen molar-refractivity contribution in [2.24, 2.45) is 5.73 Å². The number of imidazole rings is 1. The van der Waals surface area contributed by atoms with Crippen molar-refractivity contribution in [1.29, 1.82) is 0 Å². The number of hydrogen-bond donors (Lipinski definition) is 9. The monoisotopic (exact) mass is 919 g/mol. The summed E-state index contributed by atoms with van der Waals surface area (Å²) in [5, 5.41) is 30.4. The number of sulfonamides is 1. The molecule has 2 amide bonds. The second-order valence-corrected chi connectivity index (χ2v) is 16.9. The molecule has 0 aliphatic carbocycles. The van der Waals surface area contributed by atoms with Crippen LogP contribution in [-0.4, -0.2) is 125 Å². The van der Waals surface area contributed by atoms with Crippen LogP contribution in [0.4, 0.5) is 19.1 Å². The van der Waals surface area contributed by atoms with Gasteiger partial charge in [0.2, 0.25) is 15.9 Å². The number of anilines is 1. The third-order valence-electron chi connectivity index (χ3n) is 8.56. The van der Waals surface area contributed by atoms with Gasteiger partial charge in [0.05, 0.1) is 29.0 Å². The third kappa shape index (κ3) is 16.9. The number of nitrogens with one attached hydrogen (secondary N) is 5. The fraction of sp³-hybridized carbons (Fsp3) is 0.444.